The van der Waals surface area contributed by atoms with Crippen LogP contribution in [0.4, 0.5) is 0 Å². The summed E-state index contributed by atoms with van der Waals surface area (Å²) in [6.07, 6.45) is 0. The van der Waals surface area contributed by atoms with Gasteiger partial charge in [0.1, 0.15) is 0 Å². The van der Waals surface area contributed by atoms with Gasteiger partial charge in [-0.05, 0) is 41.0 Å². The van der Waals surface area contributed by atoms with Crippen LogP contribution in [0.25, 0.3) is 21.9 Å². The lowest BCUT2D eigenvalue weighted by molar-refractivity contribution is 0.101. The highest BCUT2D eigenvalue weighted by Gasteiger charge is 2.09. The third-order valence-electron chi connectivity index (χ3n) is 3.46. The van der Waals surface area contributed by atoms with Gasteiger partial charge >= 0.3 is 0 Å². The summed E-state index contributed by atoms with van der Waals surface area (Å²) in [4.78, 5) is 11.7. The lowest BCUT2D eigenvalue weighted by Crippen LogP contribution is -1.94. The quantitative estimate of drug-likeness (QED) is 0.577. The van der Waals surface area contributed by atoms with Crippen molar-refractivity contribution >= 4 is 28.2 Å². The summed E-state index contributed by atoms with van der Waals surface area (Å²) in [6, 6.07) is 19.6. The molecule has 20 heavy (non-hydrogen) atoms. The number of rotatable bonds is 2. The van der Waals surface area contributed by atoms with Crippen molar-refractivity contribution in [3.05, 3.63) is 71.2 Å². The van der Waals surface area contributed by atoms with Crippen molar-refractivity contribution in [1.82, 2.24) is 0 Å². The molecule has 0 aliphatic rings. The summed E-state index contributed by atoms with van der Waals surface area (Å²) in [5.41, 5.74) is 2.97. The minimum Gasteiger partial charge on any atom is -0.294 e. The molecule has 0 aliphatic heterocycles. The Morgan fingerprint density at radius 1 is 0.850 bits per heavy atom. The normalized spacial score (nSPS) is 10.7. The Kier molecular flexibility index (Phi) is 3.29. The molecule has 2 heteroatoms. The Morgan fingerprint density at radius 2 is 1.50 bits per heavy atom. The number of carbonyl (C=O) groups is 1. The summed E-state index contributed by atoms with van der Waals surface area (Å²) in [5, 5.41) is 2.80. The highest BCUT2D eigenvalue weighted by atomic mass is 35.5. The van der Waals surface area contributed by atoms with Crippen LogP contribution in [0, 0.1) is 0 Å². The van der Waals surface area contributed by atoms with Gasteiger partial charge in [-0.1, -0.05) is 60.1 Å². The van der Waals surface area contributed by atoms with Gasteiger partial charge in [0.15, 0.2) is 5.78 Å². The van der Waals surface area contributed by atoms with Gasteiger partial charge in [0, 0.05) is 10.6 Å². The van der Waals surface area contributed by atoms with E-state index in [0.717, 1.165) is 32.5 Å². The zero-order chi connectivity index (χ0) is 14.1. The van der Waals surface area contributed by atoms with E-state index in [9.17, 15) is 4.79 Å². The number of hydrogen-bond donors (Lipinski definition) is 0. The molecule has 0 atom stereocenters. The van der Waals surface area contributed by atoms with E-state index in [0.29, 0.717) is 0 Å². The Bertz CT molecular complexity index is 788. The molecule has 0 spiro atoms. The van der Waals surface area contributed by atoms with E-state index >= 15 is 0 Å². The minimum atomic E-state index is 0.0869. The lowest BCUT2D eigenvalue weighted by Gasteiger charge is -2.10. The van der Waals surface area contributed by atoms with Crippen LogP contribution < -0.4 is 0 Å². The Labute approximate surface area is 122 Å². The molecular weight excluding hydrogens is 268 g/mol. The van der Waals surface area contributed by atoms with Gasteiger partial charge in [0.2, 0.25) is 0 Å². The average Bonchev–Trinajstić information content (AvgIpc) is 2.47. The van der Waals surface area contributed by atoms with E-state index in [-0.39, 0.29) is 5.78 Å². The van der Waals surface area contributed by atoms with E-state index in [1.807, 2.05) is 60.7 Å². The van der Waals surface area contributed by atoms with E-state index in [1.54, 1.807) is 6.92 Å². The van der Waals surface area contributed by atoms with Crippen LogP contribution in [0.1, 0.15) is 17.3 Å². The molecule has 0 saturated carbocycles. The topological polar surface area (TPSA) is 17.1 Å². The summed E-state index contributed by atoms with van der Waals surface area (Å²) < 4.78 is 0. The second kappa shape index (κ2) is 5.10. The molecule has 1 nitrogen and oxygen atoms in total. The molecule has 98 valence electrons. The van der Waals surface area contributed by atoms with Gasteiger partial charge in [0.25, 0.3) is 0 Å². The molecule has 0 fully saturated rings. The summed E-state index contributed by atoms with van der Waals surface area (Å²) >= 11 is 5.94. The van der Waals surface area contributed by atoms with Crippen molar-refractivity contribution in [3.8, 4) is 11.1 Å². The molecule has 0 heterocycles. The van der Waals surface area contributed by atoms with E-state index in [2.05, 4.69) is 0 Å². The fraction of sp³-hybridized carbons (Fsp3) is 0.0556. The molecule has 3 rings (SSSR count). The van der Waals surface area contributed by atoms with Crippen LogP contribution in [0.5, 0.6) is 0 Å². The zero-order valence-electron chi connectivity index (χ0n) is 11.1. The summed E-state index contributed by atoms with van der Waals surface area (Å²) in [6.45, 7) is 1.60. The van der Waals surface area contributed by atoms with Crippen LogP contribution >= 0.6 is 11.6 Å². The summed E-state index contributed by atoms with van der Waals surface area (Å²) in [5.74, 6) is 0.0869. The second-order valence-corrected chi connectivity index (χ2v) is 5.21. The largest absolute Gasteiger partial charge is 0.294 e. The maximum atomic E-state index is 11.7. The maximum absolute atomic E-state index is 11.7. The number of Topliss-reactive ketones (excluding diaryl/α,β-unsaturated/α-hetero) is 1. The number of hydrogen-bond acceptors (Lipinski definition) is 1. The third-order valence-corrected chi connectivity index (χ3v) is 3.71. The van der Waals surface area contributed by atoms with Gasteiger partial charge in [-0.3, -0.25) is 4.79 Å². The molecule has 0 aromatic heterocycles. The van der Waals surface area contributed by atoms with E-state index in [1.165, 1.54) is 0 Å². The number of ketones is 1. The van der Waals surface area contributed by atoms with Gasteiger partial charge < -0.3 is 0 Å². The average molecular weight is 281 g/mol. The third kappa shape index (κ3) is 2.21. The number of benzene rings is 3. The monoisotopic (exact) mass is 280 g/mol. The van der Waals surface area contributed by atoms with Gasteiger partial charge in [0.05, 0.1) is 0 Å². The van der Waals surface area contributed by atoms with Crippen molar-refractivity contribution in [1.29, 1.82) is 0 Å². The zero-order valence-corrected chi connectivity index (χ0v) is 11.8. The van der Waals surface area contributed by atoms with Crippen LogP contribution in [0.3, 0.4) is 0 Å². The van der Waals surface area contributed by atoms with Crippen LogP contribution in [-0.4, -0.2) is 5.78 Å². The van der Waals surface area contributed by atoms with Crippen LogP contribution in [0.15, 0.2) is 60.7 Å². The number of halogens is 1. The smallest absolute Gasteiger partial charge is 0.160 e. The van der Waals surface area contributed by atoms with E-state index in [4.69, 9.17) is 11.6 Å². The SMILES string of the molecule is CC(=O)c1ccc(-c2ccc(Cl)cc2)c2ccccc12. The van der Waals surface area contributed by atoms with Crippen molar-refractivity contribution in [3.63, 3.8) is 0 Å². The first-order chi connectivity index (χ1) is 9.66. The van der Waals surface area contributed by atoms with Crippen molar-refractivity contribution < 1.29 is 4.79 Å². The first kappa shape index (κ1) is 12.9. The first-order valence-corrected chi connectivity index (χ1v) is 6.83. The highest BCUT2D eigenvalue weighted by Crippen LogP contribution is 2.31. The molecule has 3 aromatic rings. The standard InChI is InChI=1S/C18H13ClO/c1-12(20)15-10-11-16(13-6-8-14(19)9-7-13)18-5-3-2-4-17(15)18/h2-11H,1H3. The minimum absolute atomic E-state index is 0.0869. The molecular formula is C18H13ClO. The molecule has 0 saturated heterocycles. The molecule has 0 bridgehead atoms. The Balaban J connectivity index is 2.30. The second-order valence-electron chi connectivity index (χ2n) is 4.77. The molecule has 0 unspecified atom stereocenters. The summed E-state index contributed by atoms with van der Waals surface area (Å²) in [7, 11) is 0. The van der Waals surface area contributed by atoms with Crippen molar-refractivity contribution in [2.24, 2.45) is 0 Å². The first-order valence-electron chi connectivity index (χ1n) is 6.45. The number of fused-ring (bicyclic) bond motifs is 1. The Morgan fingerprint density at radius 3 is 2.15 bits per heavy atom. The molecule has 0 aliphatic carbocycles. The van der Waals surface area contributed by atoms with Crippen LogP contribution in [-0.2, 0) is 0 Å². The molecule has 0 N–H and O–H groups in total. The number of carbonyl (C=O) groups excluding carboxylic acids is 1. The predicted octanol–water partition coefficient (Wildman–Crippen LogP) is 5.36. The maximum Gasteiger partial charge on any atom is 0.160 e. The molecule has 0 amide bonds. The fourth-order valence-corrected chi connectivity index (χ4v) is 2.61. The highest BCUT2D eigenvalue weighted by molar-refractivity contribution is 6.30. The van der Waals surface area contributed by atoms with Gasteiger partial charge in [-0.15, -0.1) is 0 Å². The predicted molar refractivity (Wildman–Crippen MR) is 84.4 cm³/mol. The van der Waals surface area contributed by atoms with Crippen molar-refractivity contribution in [2.45, 2.75) is 6.92 Å². The van der Waals surface area contributed by atoms with Gasteiger partial charge in [-0.2, -0.15) is 0 Å². The molecule has 3 aromatic carbocycles. The Hall–Kier alpha value is -2.12. The fourth-order valence-electron chi connectivity index (χ4n) is 2.49. The van der Waals surface area contributed by atoms with Gasteiger partial charge in [-0.25, -0.2) is 0 Å². The van der Waals surface area contributed by atoms with Crippen molar-refractivity contribution in [2.75, 3.05) is 0 Å². The lowest BCUT2D eigenvalue weighted by atomic mass is 9.94. The van der Waals surface area contributed by atoms with Crippen LogP contribution in [0.2, 0.25) is 5.02 Å². The molecule has 0 radical (unpaired) electrons. The van der Waals surface area contributed by atoms with E-state index < -0.39 is 0 Å².